The fourth-order valence-corrected chi connectivity index (χ4v) is 4.05. The molecule has 25 heavy (non-hydrogen) atoms. The lowest BCUT2D eigenvalue weighted by Crippen LogP contribution is -2.61. The van der Waals surface area contributed by atoms with Gasteiger partial charge in [-0.3, -0.25) is 4.90 Å². The number of methoxy groups -OCH3 is 1. The van der Waals surface area contributed by atoms with Gasteiger partial charge in [0.1, 0.15) is 5.75 Å². The minimum absolute atomic E-state index is 0.324. The molecule has 3 heterocycles. The molecule has 1 aromatic carbocycles. The highest BCUT2D eigenvalue weighted by Gasteiger charge is 2.35. The first kappa shape index (κ1) is 16.5. The Morgan fingerprint density at radius 1 is 1.24 bits per heavy atom. The Kier molecular flexibility index (Phi) is 4.72. The summed E-state index contributed by atoms with van der Waals surface area (Å²) in [6, 6.07) is 6.66. The summed E-state index contributed by atoms with van der Waals surface area (Å²) in [5.41, 5.74) is 0. The third kappa shape index (κ3) is 3.28. The van der Waals surface area contributed by atoms with Gasteiger partial charge in [-0.1, -0.05) is 0 Å². The summed E-state index contributed by atoms with van der Waals surface area (Å²) < 4.78 is 5.36. The van der Waals surface area contributed by atoms with Gasteiger partial charge in [-0.2, -0.15) is 5.10 Å². The summed E-state index contributed by atoms with van der Waals surface area (Å²) in [4.78, 5) is 4.92. The van der Waals surface area contributed by atoms with Crippen molar-refractivity contribution < 1.29 is 9.84 Å². The molecule has 2 aromatic rings. The molecule has 0 atom stereocenters. The van der Waals surface area contributed by atoms with Crippen LogP contribution >= 0.6 is 0 Å². The third-order valence-corrected chi connectivity index (χ3v) is 5.72. The zero-order valence-corrected chi connectivity index (χ0v) is 14.8. The van der Waals surface area contributed by atoms with Crippen molar-refractivity contribution in [2.45, 2.75) is 25.3 Å². The van der Waals surface area contributed by atoms with Crippen LogP contribution in [0.25, 0.3) is 10.8 Å². The maximum Gasteiger partial charge on any atom is 0.159 e. The van der Waals surface area contributed by atoms with E-state index < -0.39 is 0 Å². The molecule has 2 aliphatic rings. The lowest BCUT2D eigenvalue weighted by molar-refractivity contribution is 0.103. The van der Waals surface area contributed by atoms with E-state index >= 15 is 0 Å². The van der Waals surface area contributed by atoms with E-state index in [2.05, 4.69) is 20.0 Å². The number of likely N-dealkylation sites (tertiary alicyclic amines) is 1. The van der Waals surface area contributed by atoms with Crippen LogP contribution < -0.4 is 9.64 Å². The quantitative estimate of drug-likeness (QED) is 0.896. The molecular weight excluding hydrogens is 316 g/mol. The first-order chi connectivity index (χ1) is 12.3. The predicted octanol–water partition coefficient (Wildman–Crippen LogP) is 1.92. The van der Waals surface area contributed by atoms with Crippen LogP contribution in [0.15, 0.2) is 24.4 Å². The zero-order valence-electron chi connectivity index (χ0n) is 14.8. The number of aromatic nitrogens is 2. The molecule has 0 unspecified atom stereocenters. The highest BCUT2D eigenvalue weighted by Crippen LogP contribution is 2.32. The van der Waals surface area contributed by atoms with E-state index in [1.165, 1.54) is 12.8 Å². The Balaban J connectivity index is 1.42. The first-order valence-corrected chi connectivity index (χ1v) is 9.18. The minimum Gasteiger partial charge on any atom is -0.497 e. The molecule has 2 fully saturated rings. The molecule has 2 saturated heterocycles. The number of hydrogen-bond acceptors (Lipinski definition) is 6. The highest BCUT2D eigenvalue weighted by molar-refractivity contribution is 5.92. The summed E-state index contributed by atoms with van der Waals surface area (Å²) in [7, 11) is 1.69. The highest BCUT2D eigenvalue weighted by atomic mass is 16.5. The SMILES string of the molecule is COc1ccc2cnnc(N3CC(N4CCC(CCO)CC4)C3)c2c1. The lowest BCUT2D eigenvalue weighted by atomic mass is 9.92. The number of rotatable bonds is 5. The molecule has 1 N–H and O–H groups in total. The number of hydrogen-bond donors (Lipinski definition) is 1. The van der Waals surface area contributed by atoms with E-state index in [1.54, 1.807) is 7.11 Å². The molecule has 6 heteroatoms. The second-order valence-electron chi connectivity index (χ2n) is 7.17. The van der Waals surface area contributed by atoms with Gasteiger partial charge in [-0.25, -0.2) is 0 Å². The van der Waals surface area contributed by atoms with Crippen molar-refractivity contribution in [3.05, 3.63) is 24.4 Å². The van der Waals surface area contributed by atoms with E-state index in [1.807, 2.05) is 24.4 Å². The number of anilines is 1. The van der Waals surface area contributed by atoms with Crippen LogP contribution in [0.2, 0.25) is 0 Å². The largest absolute Gasteiger partial charge is 0.497 e. The second kappa shape index (κ2) is 7.14. The van der Waals surface area contributed by atoms with Crippen molar-refractivity contribution in [2.75, 3.05) is 44.8 Å². The van der Waals surface area contributed by atoms with Gasteiger partial charge in [0.05, 0.1) is 13.3 Å². The van der Waals surface area contributed by atoms with E-state index in [0.717, 1.165) is 54.9 Å². The first-order valence-electron chi connectivity index (χ1n) is 9.18. The fourth-order valence-electron chi connectivity index (χ4n) is 4.05. The smallest absolute Gasteiger partial charge is 0.159 e. The average Bonchev–Trinajstić information content (AvgIpc) is 2.62. The molecule has 0 radical (unpaired) electrons. The van der Waals surface area contributed by atoms with Gasteiger partial charge >= 0.3 is 0 Å². The topological polar surface area (TPSA) is 61.7 Å². The molecule has 0 spiro atoms. The van der Waals surface area contributed by atoms with E-state index in [0.29, 0.717) is 18.6 Å². The van der Waals surface area contributed by atoms with Crippen molar-refractivity contribution >= 4 is 16.6 Å². The Morgan fingerprint density at radius 2 is 2.04 bits per heavy atom. The van der Waals surface area contributed by atoms with Crippen LogP contribution in [0.1, 0.15) is 19.3 Å². The van der Waals surface area contributed by atoms with Crippen LogP contribution in [0.3, 0.4) is 0 Å². The lowest BCUT2D eigenvalue weighted by Gasteiger charge is -2.48. The van der Waals surface area contributed by atoms with Crippen LogP contribution in [-0.2, 0) is 0 Å². The summed E-state index contributed by atoms with van der Waals surface area (Å²) in [5, 5.41) is 19.9. The zero-order chi connectivity index (χ0) is 17.2. The Labute approximate surface area is 148 Å². The molecule has 0 saturated carbocycles. The summed E-state index contributed by atoms with van der Waals surface area (Å²) in [6.45, 7) is 4.65. The molecule has 2 aliphatic heterocycles. The van der Waals surface area contributed by atoms with Gasteiger partial charge in [0.25, 0.3) is 0 Å². The monoisotopic (exact) mass is 342 g/mol. The van der Waals surface area contributed by atoms with Crippen molar-refractivity contribution in [1.29, 1.82) is 0 Å². The van der Waals surface area contributed by atoms with Gasteiger partial charge in [0.2, 0.25) is 0 Å². The van der Waals surface area contributed by atoms with Gasteiger partial charge in [-0.05, 0) is 56.5 Å². The number of nitrogens with zero attached hydrogens (tertiary/aromatic N) is 4. The molecule has 0 aliphatic carbocycles. The predicted molar refractivity (Wildman–Crippen MR) is 98.1 cm³/mol. The maximum atomic E-state index is 9.09. The van der Waals surface area contributed by atoms with Crippen molar-refractivity contribution in [2.24, 2.45) is 5.92 Å². The Morgan fingerprint density at radius 3 is 2.76 bits per heavy atom. The van der Waals surface area contributed by atoms with Gasteiger partial charge in [0.15, 0.2) is 5.82 Å². The van der Waals surface area contributed by atoms with Crippen molar-refractivity contribution in [1.82, 2.24) is 15.1 Å². The second-order valence-corrected chi connectivity index (χ2v) is 7.17. The number of aliphatic hydroxyl groups is 1. The van der Waals surface area contributed by atoms with Gasteiger partial charge < -0.3 is 14.7 Å². The normalized spacial score (nSPS) is 20.0. The molecule has 4 rings (SSSR count). The standard InChI is InChI=1S/C19H26N4O2/c1-25-17-3-2-15-11-20-21-19(18(15)10-17)23-12-16(13-23)22-7-4-14(5-8-22)6-9-24/h2-3,10-11,14,16,24H,4-9,12-13H2,1H3. The average molecular weight is 342 g/mol. The molecule has 0 amide bonds. The summed E-state index contributed by atoms with van der Waals surface area (Å²) in [5.74, 6) is 2.52. The molecule has 134 valence electrons. The molecule has 0 bridgehead atoms. The van der Waals surface area contributed by atoms with Crippen LogP contribution in [0.5, 0.6) is 5.75 Å². The number of piperidine rings is 1. The number of aliphatic hydroxyl groups excluding tert-OH is 1. The van der Waals surface area contributed by atoms with Crippen molar-refractivity contribution in [3.63, 3.8) is 0 Å². The number of fused-ring (bicyclic) bond motifs is 1. The Hall–Kier alpha value is -1.92. The van der Waals surface area contributed by atoms with E-state index in [-0.39, 0.29) is 0 Å². The maximum absolute atomic E-state index is 9.09. The van der Waals surface area contributed by atoms with Gasteiger partial charge in [0, 0.05) is 36.5 Å². The number of ether oxygens (including phenoxy) is 1. The van der Waals surface area contributed by atoms with Crippen LogP contribution in [0, 0.1) is 5.92 Å². The van der Waals surface area contributed by atoms with Crippen LogP contribution in [0.4, 0.5) is 5.82 Å². The van der Waals surface area contributed by atoms with Gasteiger partial charge in [-0.15, -0.1) is 5.10 Å². The number of benzene rings is 1. The summed E-state index contributed by atoms with van der Waals surface area (Å²) >= 11 is 0. The van der Waals surface area contributed by atoms with E-state index in [9.17, 15) is 0 Å². The molecule has 1 aromatic heterocycles. The Bertz CT molecular complexity index is 724. The van der Waals surface area contributed by atoms with Crippen molar-refractivity contribution in [3.8, 4) is 5.75 Å². The minimum atomic E-state index is 0.324. The molecular formula is C19H26N4O2. The molecule has 6 nitrogen and oxygen atoms in total. The fraction of sp³-hybridized carbons (Fsp3) is 0.579. The van der Waals surface area contributed by atoms with Crippen LogP contribution in [-0.4, -0.2) is 66.1 Å². The third-order valence-electron chi connectivity index (χ3n) is 5.72. The van der Waals surface area contributed by atoms with E-state index in [4.69, 9.17) is 9.84 Å². The summed E-state index contributed by atoms with van der Waals surface area (Å²) in [6.07, 6.45) is 5.18.